The summed E-state index contributed by atoms with van der Waals surface area (Å²) in [6.07, 6.45) is 0.933. The SMILES string of the molecule is CC(C)CCCOP(=O)(CC(C(=O)O)c1cccc(N=C(N)N)c1)OO. The van der Waals surface area contributed by atoms with Crippen LogP contribution in [0.4, 0.5) is 5.69 Å². The predicted octanol–water partition coefficient (Wildman–Crippen LogP) is 2.90. The standard InChI is InChI=1S/C16H26N3O6P/c1-11(2)5-4-8-24-26(23,25-22)10-14(15(20)21)12-6-3-7-13(9-12)19-16(17)18/h3,6-7,9,11,14,22H,4-5,8,10H2,1-2H3,(H,20,21)(H4,17,18,19). The largest absolute Gasteiger partial charge is 0.481 e. The van der Waals surface area contributed by atoms with E-state index in [9.17, 15) is 14.5 Å². The maximum Gasteiger partial charge on any atom is 0.359 e. The first-order chi connectivity index (χ1) is 12.2. The zero-order chi connectivity index (χ0) is 19.7. The summed E-state index contributed by atoms with van der Waals surface area (Å²) in [7, 11) is -3.99. The van der Waals surface area contributed by atoms with Gasteiger partial charge in [-0.3, -0.25) is 9.36 Å². The molecule has 2 unspecified atom stereocenters. The lowest BCUT2D eigenvalue weighted by Gasteiger charge is -2.19. The fourth-order valence-electron chi connectivity index (χ4n) is 2.31. The molecule has 10 heteroatoms. The molecule has 0 heterocycles. The maximum atomic E-state index is 12.6. The number of hydrogen-bond donors (Lipinski definition) is 4. The van der Waals surface area contributed by atoms with E-state index >= 15 is 0 Å². The van der Waals surface area contributed by atoms with E-state index in [0.717, 1.165) is 6.42 Å². The first kappa shape index (κ1) is 22.1. The Morgan fingerprint density at radius 2 is 2.04 bits per heavy atom. The Balaban J connectivity index is 2.93. The van der Waals surface area contributed by atoms with Crippen LogP contribution in [0.2, 0.25) is 0 Å². The summed E-state index contributed by atoms with van der Waals surface area (Å²) in [4.78, 5) is 15.5. The minimum absolute atomic E-state index is 0.0936. The average Bonchev–Trinajstić information content (AvgIpc) is 2.56. The second-order valence-electron chi connectivity index (χ2n) is 6.27. The molecule has 0 aromatic heterocycles. The van der Waals surface area contributed by atoms with E-state index in [4.69, 9.17) is 21.2 Å². The highest BCUT2D eigenvalue weighted by Crippen LogP contribution is 2.50. The summed E-state index contributed by atoms with van der Waals surface area (Å²) in [5.41, 5.74) is 11.3. The first-order valence-electron chi connectivity index (χ1n) is 8.16. The number of carboxylic acid groups (broad SMARTS) is 1. The topological polar surface area (TPSA) is 157 Å². The van der Waals surface area contributed by atoms with Crippen molar-refractivity contribution in [2.75, 3.05) is 12.8 Å². The number of carbonyl (C=O) groups is 1. The van der Waals surface area contributed by atoms with Gasteiger partial charge in [0.2, 0.25) is 0 Å². The molecular formula is C16H26N3O6P. The van der Waals surface area contributed by atoms with Gasteiger partial charge in [-0.1, -0.05) is 26.0 Å². The lowest BCUT2D eigenvalue weighted by atomic mass is 10.0. The molecule has 0 aliphatic rings. The number of hydrogen-bond acceptors (Lipinski definition) is 6. The van der Waals surface area contributed by atoms with Crippen molar-refractivity contribution in [1.29, 1.82) is 0 Å². The zero-order valence-electron chi connectivity index (χ0n) is 14.9. The predicted molar refractivity (Wildman–Crippen MR) is 98.5 cm³/mol. The van der Waals surface area contributed by atoms with E-state index in [0.29, 0.717) is 23.6 Å². The maximum absolute atomic E-state index is 12.6. The Hall–Kier alpha value is -1.93. The number of benzene rings is 1. The summed E-state index contributed by atoms with van der Waals surface area (Å²) in [6.45, 7) is 4.16. The molecule has 0 spiro atoms. The number of aliphatic carboxylic acids is 1. The Bertz CT molecular complexity index is 676. The van der Waals surface area contributed by atoms with E-state index in [-0.39, 0.29) is 12.6 Å². The number of aliphatic imine (C=N–C) groups is 1. The second kappa shape index (κ2) is 10.3. The average molecular weight is 387 g/mol. The van der Waals surface area contributed by atoms with Crippen molar-refractivity contribution in [3.05, 3.63) is 29.8 Å². The first-order valence-corrected chi connectivity index (χ1v) is 9.89. The fraction of sp³-hybridized carbons (Fsp3) is 0.500. The molecule has 1 aromatic carbocycles. The van der Waals surface area contributed by atoms with E-state index < -0.39 is 25.6 Å². The molecule has 0 amide bonds. The molecule has 0 aliphatic heterocycles. The Morgan fingerprint density at radius 1 is 1.35 bits per heavy atom. The summed E-state index contributed by atoms with van der Waals surface area (Å²) in [5, 5.41) is 18.5. The van der Waals surface area contributed by atoms with Gasteiger partial charge in [0.1, 0.15) is 0 Å². The molecule has 1 rings (SSSR count). The minimum Gasteiger partial charge on any atom is -0.481 e. The Morgan fingerprint density at radius 3 is 2.58 bits per heavy atom. The van der Waals surface area contributed by atoms with Crippen molar-refractivity contribution >= 4 is 25.2 Å². The monoisotopic (exact) mass is 387 g/mol. The summed E-state index contributed by atoms with van der Waals surface area (Å²) < 4.78 is 21.8. The smallest absolute Gasteiger partial charge is 0.359 e. The molecule has 0 aliphatic carbocycles. The molecule has 0 bridgehead atoms. The molecule has 9 nitrogen and oxygen atoms in total. The third kappa shape index (κ3) is 7.53. The molecular weight excluding hydrogens is 361 g/mol. The van der Waals surface area contributed by atoms with Gasteiger partial charge in [-0.25, -0.2) is 10.2 Å². The summed E-state index contributed by atoms with van der Waals surface area (Å²) in [5.74, 6) is -2.20. The highest BCUT2D eigenvalue weighted by Gasteiger charge is 2.34. The quantitative estimate of drug-likeness (QED) is 0.113. The molecule has 0 saturated carbocycles. The van der Waals surface area contributed by atoms with Gasteiger partial charge in [0.25, 0.3) is 0 Å². The van der Waals surface area contributed by atoms with Crippen LogP contribution < -0.4 is 11.5 Å². The molecule has 6 N–H and O–H groups in total. The fourth-order valence-corrected chi connectivity index (χ4v) is 3.76. The van der Waals surface area contributed by atoms with Gasteiger partial charge in [0, 0.05) is 0 Å². The molecule has 2 atom stereocenters. The molecule has 0 fully saturated rings. The third-order valence-electron chi connectivity index (χ3n) is 3.57. The van der Waals surface area contributed by atoms with Crippen molar-refractivity contribution in [2.24, 2.45) is 22.4 Å². The van der Waals surface area contributed by atoms with E-state index in [1.807, 2.05) is 13.8 Å². The van der Waals surface area contributed by atoms with E-state index in [1.165, 1.54) is 12.1 Å². The van der Waals surface area contributed by atoms with Gasteiger partial charge in [0.05, 0.1) is 24.4 Å². The van der Waals surface area contributed by atoms with Crippen molar-refractivity contribution in [1.82, 2.24) is 0 Å². The van der Waals surface area contributed by atoms with Crippen LogP contribution in [0.3, 0.4) is 0 Å². The number of nitrogens with zero attached hydrogens (tertiary/aromatic N) is 1. The normalized spacial score (nSPS) is 14.6. The van der Waals surface area contributed by atoms with Crippen LogP contribution in [0.25, 0.3) is 0 Å². The molecule has 0 radical (unpaired) electrons. The molecule has 146 valence electrons. The number of rotatable bonds is 11. The van der Waals surface area contributed by atoms with Crippen LogP contribution >= 0.6 is 7.60 Å². The summed E-state index contributed by atoms with van der Waals surface area (Å²) in [6, 6.07) is 6.15. The van der Waals surface area contributed by atoms with Crippen molar-refractivity contribution < 1.29 is 28.9 Å². The van der Waals surface area contributed by atoms with E-state index in [2.05, 4.69) is 9.67 Å². The Labute approximate surface area is 152 Å². The molecule has 0 saturated heterocycles. The number of nitrogens with two attached hydrogens (primary N) is 2. The number of carboxylic acids is 1. The van der Waals surface area contributed by atoms with Crippen LogP contribution in [-0.4, -0.2) is 35.1 Å². The Kier molecular flexibility index (Phi) is 8.74. The van der Waals surface area contributed by atoms with Gasteiger partial charge in [-0.05, 0) is 36.5 Å². The van der Waals surface area contributed by atoms with Crippen molar-refractivity contribution in [2.45, 2.75) is 32.6 Å². The third-order valence-corrected chi connectivity index (χ3v) is 5.21. The lowest BCUT2D eigenvalue weighted by Crippen LogP contribution is -2.22. The van der Waals surface area contributed by atoms with Gasteiger partial charge in [0.15, 0.2) is 5.96 Å². The van der Waals surface area contributed by atoms with Crippen LogP contribution in [0.15, 0.2) is 29.3 Å². The van der Waals surface area contributed by atoms with Gasteiger partial charge in [-0.15, -0.1) is 0 Å². The van der Waals surface area contributed by atoms with E-state index in [1.54, 1.807) is 12.1 Å². The number of guanidine groups is 1. The molecule has 26 heavy (non-hydrogen) atoms. The molecule has 1 aromatic rings. The van der Waals surface area contributed by atoms with Gasteiger partial charge < -0.3 is 21.1 Å². The summed E-state index contributed by atoms with van der Waals surface area (Å²) >= 11 is 0. The van der Waals surface area contributed by atoms with Crippen LogP contribution in [0.1, 0.15) is 38.2 Å². The van der Waals surface area contributed by atoms with Gasteiger partial charge in [-0.2, -0.15) is 4.67 Å². The zero-order valence-corrected chi connectivity index (χ0v) is 15.8. The highest BCUT2D eigenvalue weighted by molar-refractivity contribution is 7.53. The highest BCUT2D eigenvalue weighted by atomic mass is 31.2. The van der Waals surface area contributed by atoms with Crippen LogP contribution in [-0.2, 0) is 18.6 Å². The second-order valence-corrected chi connectivity index (χ2v) is 8.28. The van der Waals surface area contributed by atoms with Crippen LogP contribution in [0.5, 0.6) is 0 Å². The van der Waals surface area contributed by atoms with Crippen molar-refractivity contribution in [3.63, 3.8) is 0 Å². The lowest BCUT2D eigenvalue weighted by molar-refractivity contribution is -0.150. The minimum atomic E-state index is -3.99. The van der Waals surface area contributed by atoms with Crippen molar-refractivity contribution in [3.8, 4) is 0 Å². The van der Waals surface area contributed by atoms with Crippen LogP contribution in [0, 0.1) is 5.92 Å². The van der Waals surface area contributed by atoms with Gasteiger partial charge >= 0.3 is 13.6 Å².